The monoisotopic (exact) mass is 498 g/mol. The number of carbonyl (C=O) groups is 1. The minimum Gasteiger partial charge on any atom is -0.476 e. The number of fused-ring (bicyclic) bond motifs is 1. The smallest absolute Gasteiger partial charge is 0.264 e. The van der Waals surface area contributed by atoms with E-state index in [9.17, 15) is 13.2 Å². The summed E-state index contributed by atoms with van der Waals surface area (Å²) < 4.78 is 34.5. The fourth-order valence-electron chi connectivity index (χ4n) is 3.74. The number of rotatable bonds is 5. The van der Waals surface area contributed by atoms with Gasteiger partial charge in [0.05, 0.1) is 17.1 Å². The third-order valence-electron chi connectivity index (χ3n) is 5.73. The molecule has 0 aliphatic carbocycles. The molecular formula is C26H27ClN2O4S. The van der Waals surface area contributed by atoms with Crippen molar-refractivity contribution in [2.75, 3.05) is 10.8 Å². The third kappa shape index (κ3) is 4.91. The second-order valence-corrected chi connectivity index (χ2v) is 11.5. The zero-order chi connectivity index (χ0) is 24.5. The number of ether oxygens (including phenoxy) is 1. The highest BCUT2D eigenvalue weighted by atomic mass is 35.5. The summed E-state index contributed by atoms with van der Waals surface area (Å²) >= 11 is 6.19. The molecule has 1 amide bonds. The molecule has 0 fully saturated rings. The molecule has 1 unspecified atom stereocenters. The van der Waals surface area contributed by atoms with Gasteiger partial charge in [-0.25, -0.2) is 8.42 Å². The van der Waals surface area contributed by atoms with Crippen molar-refractivity contribution in [2.45, 2.75) is 43.7 Å². The van der Waals surface area contributed by atoms with Gasteiger partial charge in [0.25, 0.3) is 15.9 Å². The van der Waals surface area contributed by atoms with Gasteiger partial charge in [0.2, 0.25) is 0 Å². The third-order valence-corrected chi connectivity index (χ3v) is 7.89. The number of nitrogens with one attached hydrogen (secondary N) is 1. The number of nitrogens with zero attached hydrogens (tertiary/aromatic N) is 1. The van der Waals surface area contributed by atoms with E-state index in [1.165, 1.54) is 4.31 Å². The predicted octanol–water partition coefficient (Wildman–Crippen LogP) is 4.91. The highest BCUT2D eigenvalue weighted by Gasteiger charge is 2.38. The Morgan fingerprint density at radius 2 is 1.74 bits per heavy atom. The van der Waals surface area contributed by atoms with Crippen molar-refractivity contribution in [1.29, 1.82) is 0 Å². The highest BCUT2D eigenvalue weighted by molar-refractivity contribution is 7.92. The summed E-state index contributed by atoms with van der Waals surface area (Å²) in [7, 11) is -3.93. The molecule has 3 aromatic rings. The Morgan fingerprint density at radius 3 is 2.41 bits per heavy atom. The summed E-state index contributed by atoms with van der Waals surface area (Å²) in [6.45, 7) is 6.23. The Morgan fingerprint density at radius 1 is 1.06 bits per heavy atom. The van der Waals surface area contributed by atoms with Crippen molar-refractivity contribution in [3.8, 4) is 5.75 Å². The van der Waals surface area contributed by atoms with Crippen molar-refractivity contribution in [3.63, 3.8) is 0 Å². The van der Waals surface area contributed by atoms with Gasteiger partial charge in [0, 0.05) is 11.6 Å². The number of carbonyl (C=O) groups excluding carboxylic acids is 1. The second kappa shape index (κ2) is 9.31. The maximum absolute atomic E-state index is 13.6. The number of sulfonamides is 1. The average Bonchev–Trinajstić information content (AvgIpc) is 2.82. The van der Waals surface area contributed by atoms with Gasteiger partial charge in [-0.3, -0.25) is 9.10 Å². The maximum atomic E-state index is 13.6. The number of hydrogen-bond acceptors (Lipinski definition) is 4. The molecular weight excluding hydrogens is 472 g/mol. The van der Waals surface area contributed by atoms with Crippen LogP contribution in [0.15, 0.2) is 77.7 Å². The van der Waals surface area contributed by atoms with Crippen molar-refractivity contribution in [1.82, 2.24) is 5.32 Å². The zero-order valence-corrected chi connectivity index (χ0v) is 20.9. The summed E-state index contributed by atoms with van der Waals surface area (Å²) in [5, 5.41) is 3.36. The van der Waals surface area contributed by atoms with E-state index in [-0.39, 0.29) is 23.4 Å². The summed E-state index contributed by atoms with van der Waals surface area (Å²) in [6.07, 6.45) is -1.02. The van der Waals surface area contributed by atoms with Crippen LogP contribution >= 0.6 is 11.6 Å². The first-order chi connectivity index (χ1) is 16.1. The quantitative estimate of drug-likeness (QED) is 0.542. The number of benzene rings is 3. The van der Waals surface area contributed by atoms with Crippen molar-refractivity contribution in [2.24, 2.45) is 0 Å². The zero-order valence-electron chi connectivity index (χ0n) is 19.3. The molecule has 0 radical (unpaired) electrons. The van der Waals surface area contributed by atoms with Gasteiger partial charge in [-0.15, -0.1) is 0 Å². The molecule has 178 valence electrons. The van der Waals surface area contributed by atoms with E-state index in [0.717, 1.165) is 11.1 Å². The first-order valence-corrected chi connectivity index (χ1v) is 12.8. The lowest BCUT2D eigenvalue weighted by atomic mass is 9.86. The van der Waals surface area contributed by atoms with E-state index in [1.807, 2.05) is 30.3 Å². The van der Waals surface area contributed by atoms with Crippen molar-refractivity contribution < 1.29 is 17.9 Å². The number of anilines is 1. The molecule has 1 aliphatic heterocycles. The van der Waals surface area contributed by atoms with Gasteiger partial charge in [-0.05, 0) is 46.9 Å². The van der Waals surface area contributed by atoms with E-state index in [1.54, 1.807) is 42.5 Å². The Balaban J connectivity index is 1.68. The molecule has 1 aliphatic rings. The number of amides is 1. The van der Waals surface area contributed by atoms with E-state index in [0.29, 0.717) is 16.5 Å². The summed E-state index contributed by atoms with van der Waals surface area (Å²) in [4.78, 5) is 13.2. The molecule has 4 rings (SSSR count). The normalized spacial score (nSPS) is 15.9. The molecule has 0 saturated heterocycles. The van der Waals surface area contributed by atoms with Crippen LogP contribution in [0, 0.1) is 0 Å². The molecule has 8 heteroatoms. The van der Waals surface area contributed by atoms with E-state index in [4.69, 9.17) is 16.3 Å². The van der Waals surface area contributed by atoms with Gasteiger partial charge in [-0.1, -0.05) is 74.8 Å². The summed E-state index contributed by atoms with van der Waals surface area (Å²) in [5.74, 6) is -0.0737. The first-order valence-electron chi connectivity index (χ1n) is 11.0. The molecule has 3 aromatic carbocycles. The number of halogens is 1. The molecule has 1 N–H and O–H groups in total. The standard InChI is InChI=1S/C26H27ClN2O4S/c1-26(2,3)19-13-14-23-22(15-19)29(34(31,32)20-10-5-4-6-11-20)17-24(33-23)25(30)28-16-18-9-7-8-12-21(18)27/h4-15,24H,16-17H2,1-3H3,(H,28,30). The minimum absolute atomic E-state index is 0.147. The molecule has 34 heavy (non-hydrogen) atoms. The minimum atomic E-state index is -3.93. The Kier molecular flexibility index (Phi) is 6.60. The van der Waals surface area contributed by atoms with Gasteiger partial charge < -0.3 is 10.1 Å². The first kappa shape index (κ1) is 24.1. The second-order valence-electron chi connectivity index (χ2n) is 9.20. The summed E-state index contributed by atoms with van der Waals surface area (Å²) in [6, 6.07) is 20.9. The molecule has 0 saturated carbocycles. The van der Waals surface area contributed by atoms with Crippen LogP contribution in [-0.2, 0) is 26.8 Å². The van der Waals surface area contributed by atoms with Crippen LogP contribution in [0.5, 0.6) is 5.75 Å². The van der Waals surface area contributed by atoms with Gasteiger partial charge >= 0.3 is 0 Å². The fourth-order valence-corrected chi connectivity index (χ4v) is 5.43. The predicted molar refractivity (Wildman–Crippen MR) is 134 cm³/mol. The lowest BCUT2D eigenvalue weighted by molar-refractivity contribution is -0.127. The van der Waals surface area contributed by atoms with Crippen LogP contribution in [0.2, 0.25) is 5.02 Å². The lowest BCUT2D eigenvalue weighted by Gasteiger charge is -2.36. The van der Waals surface area contributed by atoms with Crippen molar-refractivity contribution >= 4 is 33.2 Å². The van der Waals surface area contributed by atoms with E-state index in [2.05, 4.69) is 26.1 Å². The highest BCUT2D eigenvalue weighted by Crippen LogP contribution is 2.40. The Hall–Kier alpha value is -3.03. The summed E-state index contributed by atoms with van der Waals surface area (Å²) in [5.41, 5.74) is 1.95. The van der Waals surface area contributed by atoms with Crippen LogP contribution in [0.3, 0.4) is 0 Å². The van der Waals surface area contributed by atoms with Gasteiger partial charge in [-0.2, -0.15) is 0 Å². The molecule has 0 bridgehead atoms. The van der Waals surface area contributed by atoms with Crippen molar-refractivity contribution in [3.05, 3.63) is 88.9 Å². The molecule has 6 nitrogen and oxygen atoms in total. The van der Waals surface area contributed by atoms with E-state index < -0.39 is 22.0 Å². The SMILES string of the molecule is CC(C)(C)c1ccc2c(c1)N(S(=O)(=O)c1ccccc1)CC(C(=O)NCc1ccccc1Cl)O2. The molecule has 0 aromatic heterocycles. The van der Waals surface area contributed by atoms with E-state index >= 15 is 0 Å². The van der Waals surface area contributed by atoms with Gasteiger partial charge in [0.15, 0.2) is 6.10 Å². The van der Waals surface area contributed by atoms with Crippen LogP contribution in [0.1, 0.15) is 31.9 Å². The Bertz CT molecular complexity index is 1300. The Labute approximate surface area is 205 Å². The number of hydrogen-bond donors (Lipinski definition) is 1. The largest absolute Gasteiger partial charge is 0.476 e. The van der Waals surface area contributed by atoms with Crippen LogP contribution in [-0.4, -0.2) is 27.0 Å². The fraction of sp³-hybridized carbons (Fsp3) is 0.269. The van der Waals surface area contributed by atoms with Gasteiger partial charge in [0.1, 0.15) is 5.75 Å². The molecule has 1 heterocycles. The van der Waals surface area contributed by atoms with Crippen LogP contribution in [0.25, 0.3) is 0 Å². The molecule has 0 spiro atoms. The topological polar surface area (TPSA) is 75.7 Å². The lowest BCUT2D eigenvalue weighted by Crippen LogP contribution is -2.50. The maximum Gasteiger partial charge on any atom is 0.264 e. The van der Waals surface area contributed by atoms with Crippen LogP contribution in [0.4, 0.5) is 5.69 Å². The van der Waals surface area contributed by atoms with Crippen LogP contribution < -0.4 is 14.4 Å². The molecule has 1 atom stereocenters. The average molecular weight is 499 g/mol.